The standard InChI is InChI=1S/2ClH.Pd.Ra/h2*1H;;/q;;;+2/p-2. The smallest absolute Gasteiger partial charge is 1.00 e. The van der Waals surface area contributed by atoms with Crippen molar-refractivity contribution in [2.45, 2.75) is 0 Å². The minimum atomic E-state index is 0. The molecule has 26 valence electrons. The zero-order valence-corrected chi connectivity index (χ0v) is 10.7. The van der Waals surface area contributed by atoms with Crippen LogP contribution in [0.25, 0.3) is 0 Å². The molecule has 0 saturated carbocycles. The minimum Gasteiger partial charge on any atom is -1.00 e. The molecule has 0 aliphatic carbocycles. The minimum absolute atomic E-state index is 0. The van der Waals surface area contributed by atoms with Crippen molar-refractivity contribution in [1.29, 1.82) is 0 Å². The van der Waals surface area contributed by atoms with Gasteiger partial charge in [0.1, 0.15) is 0 Å². The summed E-state index contributed by atoms with van der Waals surface area (Å²) >= 11 is 0. The summed E-state index contributed by atoms with van der Waals surface area (Å²) in [5.41, 5.74) is 0. The SMILES string of the molecule is [Cl-].[Cl-].[Pd].[Ra+2]. The Morgan fingerprint density at radius 1 is 0.750 bits per heavy atom. The molecule has 0 aliphatic heterocycles. The van der Waals surface area contributed by atoms with Gasteiger partial charge >= 0.3 is 45.0 Å². The van der Waals surface area contributed by atoms with Crippen LogP contribution in [0.2, 0.25) is 0 Å². The zero-order chi connectivity index (χ0) is 0. The molecule has 0 atom stereocenters. The molecule has 4 heteroatoms. The first-order valence-corrected chi connectivity index (χ1v) is 0. The third-order valence-electron chi connectivity index (χ3n) is 0. The molecule has 0 heterocycles. The van der Waals surface area contributed by atoms with E-state index in [0.29, 0.717) is 0 Å². The van der Waals surface area contributed by atoms with E-state index in [0.717, 1.165) is 0 Å². The molecule has 0 aliphatic rings. The van der Waals surface area contributed by atoms with Crippen LogP contribution in [0.1, 0.15) is 0 Å². The predicted molar refractivity (Wildman–Crippen MR) is 0 cm³/mol. The van der Waals surface area contributed by atoms with Gasteiger partial charge in [0.05, 0.1) is 0 Å². The topological polar surface area (TPSA) is 0 Å². The van der Waals surface area contributed by atoms with Crippen molar-refractivity contribution in [3.8, 4) is 0 Å². The van der Waals surface area contributed by atoms with E-state index in [4.69, 9.17) is 0 Å². The van der Waals surface area contributed by atoms with Crippen LogP contribution in [-0.2, 0) is 20.4 Å². The molecule has 0 saturated heterocycles. The van der Waals surface area contributed by atoms with Crippen LogP contribution in [0.3, 0.4) is 0 Å². The van der Waals surface area contributed by atoms with Gasteiger partial charge in [-0.2, -0.15) is 0 Å². The number of halogens is 2. The summed E-state index contributed by atoms with van der Waals surface area (Å²) < 4.78 is 0. The Morgan fingerprint density at radius 3 is 0.750 bits per heavy atom. The number of rotatable bonds is 0. The van der Waals surface area contributed by atoms with Crippen LogP contribution in [0.5, 0.6) is 0 Å². The van der Waals surface area contributed by atoms with Crippen molar-refractivity contribution in [1.82, 2.24) is 0 Å². The van der Waals surface area contributed by atoms with Gasteiger partial charge in [-0.3, -0.25) is 0 Å². The van der Waals surface area contributed by atoms with Crippen molar-refractivity contribution < 1.29 is 90.2 Å². The zero-order valence-electron chi connectivity index (χ0n) is 1.78. The summed E-state index contributed by atoms with van der Waals surface area (Å²) in [6, 6.07) is 0. The van der Waals surface area contributed by atoms with E-state index in [1.54, 1.807) is 0 Å². The van der Waals surface area contributed by atoms with Gasteiger partial charge in [0.15, 0.2) is 0 Å². The molecule has 0 aromatic carbocycles. The van der Waals surface area contributed by atoms with E-state index in [1.807, 2.05) is 0 Å². The molecule has 0 fully saturated rings. The van der Waals surface area contributed by atoms with Gasteiger partial charge in [0, 0.05) is 20.4 Å². The molecular weight excluding hydrogens is 403 g/mol. The van der Waals surface area contributed by atoms with Gasteiger partial charge in [-0.25, -0.2) is 0 Å². The number of hydrogen-bond acceptors (Lipinski definition) is 0. The Bertz CT molecular complexity index is 6.00. The van der Waals surface area contributed by atoms with Gasteiger partial charge in [0.2, 0.25) is 0 Å². The third kappa shape index (κ3) is 8.83. The number of hydrogen-bond donors (Lipinski definition) is 0. The van der Waals surface area contributed by atoms with Gasteiger partial charge in [-0.15, -0.1) is 0 Å². The second-order valence-corrected chi connectivity index (χ2v) is 0. The summed E-state index contributed by atoms with van der Waals surface area (Å²) in [7, 11) is 0. The van der Waals surface area contributed by atoms with E-state index in [-0.39, 0.29) is 90.2 Å². The summed E-state index contributed by atoms with van der Waals surface area (Å²) in [4.78, 5) is 0. The van der Waals surface area contributed by atoms with Gasteiger partial charge < -0.3 is 24.8 Å². The van der Waals surface area contributed by atoms with E-state index < -0.39 is 0 Å². The molecule has 0 unspecified atom stereocenters. The molecule has 0 radical (unpaired) electrons. The molecule has 0 aromatic heterocycles. The molecule has 0 rings (SSSR count). The molecule has 4 heavy (non-hydrogen) atoms. The molecule has 0 nitrogen and oxygen atoms in total. The Morgan fingerprint density at radius 2 is 0.750 bits per heavy atom. The van der Waals surface area contributed by atoms with Crippen LogP contribution in [0, 0.1) is 45.0 Å². The molecule has 0 bridgehead atoms. The van der Waals surface area contributed by atoms with Crippen LogP contribution in [-0.4, -0.2) is 0 Å². The van der Waals surface area contributed by atoms with Gasteiger partial charge in [-0.05, 0) is 0 Å². The fourth-order valence-electron chi connectivity index (χ4n) is 0. The van der Waals surface area contributed by atoms with Crippen molar-refractivity contribution in [2.24, 2.45) is 0 Å². The summed E-state index contributed by atoms with van der Waals surface area (Å²) in [5, 5.41) is 0. The van der Waals surface area contributed by atoms with Crippen molar-refractivity contribution in [3.05, 3.63) is 0 Å². The van der Waals surface area contributed by atoms with E-state index in [1.165, 1.54) is 0 Å². The first-order valence-electron chi connectivity index (χ1n) is 0. The van der Waals surface area contributed by atoms with Crippen LogP contribution in [0.15, 0.2) is 0 Å². The second kappa shape index (κ2) is 17.2. The normalized spacial score (nSPS) is 0. The average Bonchev–Trinajstić information content (AvgIpc) is 0. The quantitative estimate of drug-likeness (QED) is 0.354. The molecule has 0 spiro atoms. The van der Waals surface area contributed by atoms with Crippen molar-refractivity contribution >= 4 is 0 Å². The molecule has 0 N–H and O–H groups in total. The first kappa shape index (κ1) is 29.8. The van der Waals surface area contributed by atoms with Crippen LogP contribution in [0.4, 0.5) is 0 Å². The molecular formula is Cl2PdRa. The average molecular weight is 403 g/mol. The predicted octanol–water partition coefficient (Wildman–Crippen LogP) is -5.99. The van der Waals surface area contributed by atoms with Crippen molar-refractivity contribution in [3.63, 3.8) is 0 Å². The Labute approximate surface area is 88.4 Å². The van der Waals surface area contributed by atoms with E-state index in [9.17, 15) is 0 Å². The third-order valence-corrected chi connectivity index (χ3v) is 0. The maximum absolute atomic E-state index is 0. The van der Waals surface area contributed by atoms with E-state index >= 15 is 0 Å². The second-order valence-electron chi connectivity index (χ2n) is 0. The largest absolute Gasteiger partial charge is 2.00 e. The Balaban J connectivity index is 0. The van der Waals surface area contributed by atoms with Crippen LogP contribution < -0.4 is 24.8 Å². The first-order chi connectivity index (χ1) is 0. The Kier molecular flexibility index (Phi) is 128. The monoisotopic (exact) mass is 402 g/mol. The van der Waals surface area contributed by atoms with Crippen molar-refractivity contribution in [2.75, 3.05) is 0 Å². The van der Waals surface area contributed by atoms with Crippen LogP contribution >= 0.6 is 0 Å². The van der Waals surface area contributed by atoms with Gasteiger partial charge in [0.25, 0.3) is 0 Å². The maximum atomic E-state index is 0. The van der Waals surface area contributed by atoms with Gasteiger partial charge in [-0.1, -0.05) is 0 Å². The maximum Gasteiger partial charge on any atom is 2.00 e. The fraction of sp³-hybridized carbons (Fsp3) is 0. The fourth-order valence-corrected chi connectivity index (χ4v) is 0. The Hall–Kier alpha value is 2.71. The molecule has 0 aromatic rings. The van der Waals surface area contributed by atoms with E-state index in [2.05, 4.69) is 0 Å². The summed E-state index contributed by atoms with van der Waals surface area (Å²) in [6.07, 6.45) is 0. The summed E-state index contributed by atoms with van der Waals surface area (Å²) in [6.45, 7) is 0. The molecule has 0 amide bonds. The summed E-state index contributed by atoms with van der Waals surface area (Å²) in [5.74, 6) is 0.